The van der Waals surface area contributed by atoms with Gasteiger partial charge in [0.05, 0.1) is 45.5 Å². The van der Waals surface area contributed by atoms with E-state index in [2.05, 4.69) is 0 Å². The summed E-state index contributed by atoms with van der Waals surface area (Å²) in [5.41, 5.74) is -0.260. The second kappa shape index (κ2) is 10.5. The van der Waals surface area contributed by atoms with Crippen LogP contribution in [0.1, 0.15) is 37.2 Å². The van der Waals surface area contributed by atoms with Crippen LogP contribution in [0.25, 0.3) is 0 Å². The highest BCUT2D eigenvalue weighted by molar-refractivity contribution is 6.58. The van der Waals surface area contributed by atoms with Gasteiger partial charge in [-0.25, -0.2) is 9.29 Å². The molecule has 7 rings (SSSR count). The molecule has 2 aliphatic carbocycles. The molecule has 4 amide bonds. The number of hydrogen-bond donors (Lipinski definition) is 3. The van der Waals surface area contributed by atoms with E-state index >= 15 is 0 Å². The molecule has 4 aliphatic rings. The lowest BCUT2D eigenvalue weighted by atomic mass is 9.52. The third-order valence-corrected chi connectivity index (χ3v) is 10.3. The maximum absolute atomic E-state index is 14.4. The van der Waals surface area contributed by atoms with Crippen molar-refractivity contribution in [1.29, 1.82) is 0 Å². The minimum Gasteiger partial charge on any atom is -0.463 e. The van der Waals surface area contributed by atoms with Crippen LogP contribution in [0.2, 0.25) is 5.02 Å². The first-order valence-electron chi connectivity index (χ1n) is 14.5. The molecule has 3 N–H and O–H groups in total. The van der Waals surface area contributed by atoms with Gasteiger partial charge in [-0.15, -0.1) is 0 Å². The maximum atomic E-state index is 14.4. The van der Waals surface area contributed by atoms with Crippen molar-refractivity contribution in [3.63, 3.8) is 0 Å². The zero-order chi connectivity index (χ0) is 31.9. The molecule has 0 bridgehead atoms. The van der Waals surface area contributed by atoms with Gasteiger partial charge < -0.3 is 19.6 Å². The molecule has 1 saturated carbocycles. The van der Waals surface area contributed by atoms with Crippen LogP contribution >= 0.6 is 11.6 Å². The predicted octanol–water partition coefficient (Wildman–Crippen LogP) is 2.68. The van der Waals surface area contributed by atoms with Crippen molar-refractivity contribution in [2.45, 2.75) is 32.3 Å². The van der Waals surface area contributed by atoms with Gasteiger partial charge in [-0.1, -0.05) is 35.4 Å². The Labute approximate surface area is 261 Å². The number of anilines is 2. The summed E-state index contributed by atoms with van der Waals surface area (Å²) in [7, 11) is -1.80. The van der Waals surface area contributed by atoms with Crippen molar-refractivity contribution in [2.75, 3.05) is 9.80 Å². The van der Waals surface area contributed by atoms with Crippen LogP contribution in [0.15, 0.2) is 70.7 Å². The van der Waals surface area contributed by atoms with E-state index in [4.69, 9.17) is 16.0 Å². The van der Waals surface area contributed by atoms with Gasteiger partial charge in [0.25, 0.3) is 0 Å². The molecule has 0 spiro atoms. The van der Waals surface area contributed by atoms with Crippen LogP contribution in [0.5, 0.6) is 0 Å². The van der Waals surface area contributed by atoms with Crippen molar-refractivity contribution >= 4 is 59.2 Å². The van der Waals surface area contributed by atoms with Gasteiger partial charge in [-0.3, -0.25) is 24.1 Å². The maximum Gasteiger partial charge on any atom is 0.488 e. The Morgan fingerprint density at radius 2 is 1.73 bits per heavy atom. The normalized spacial score (nSPS) is 29.1. The summed E-state index contributed by atoms with van der Waals surface area (Å²) in [6.07, 6.45) is 2.15. The summed E-state index contributed by atoms with van der Waals surface area (Å²) >= 11 is 6.03. The van der Waals surface area contributed by atoms with Gasteiger partial charge in [0, 0.05) is 0 Å². The van der Waals surface area contributed by atoms with E-state index in [0.29, 0.717) is 11.3 Å². The van der Waals surface area contributed by atoms with Crippen LogP contribution in [0, 0.1) is 34.9 Å². The average Bonchev–Trinajstić information content (AvgIpc) is 3.65. The fraction of sp³-hybridized carbons (Fsp3) is 0.312. The van der Waals surface area contributed by atoms with Gasteiger partial charge in [-0.05, 0) is 73.6 Å². The Balaban J connectivity index is 1.34. The molecule has 2 aliphatic heterocycles. The fourth-order valence-electron chi connectivity index (χ4n) is 7.90. The number of halogens is 2. The molecule has 0 radical (unpaired) electrons. The molecular formula is C32H27BClFN2O8. The van der Waals surface area contributed by atoms with E-state index in [1.165, 1.54) is 36.4 Å². The molecule has 6 atom stereocenters. The zero-order valence-electron chi connectivity index (χ0n) is 23.9. The Bertz CT molecular complexity index is 1830. The Hall–Kier alpha value is -4.10. The molecule has 2 aromatic carbocycles. The molecule has 13 heteroatoms. The summed E-state index contributed by atoms with van der Waals surface area (Å²) in [6.45, 7) is 1.29. The number of carbonyl (C=O) groups excluding carboxylic acids is 4. The highest BCUT2D eigenvalue weighted by Crippen LogP contribution is 2.63. The van der Waals surface area contributed by atoms with E-state index in [1.807, 2.05) is 6.08 Å². The highest BCUT2D eigenvalue weighted by Gasteiger charge is 2.68. The molecule has 45 heavy (non-hydrogen) atoms. The highest BCUT2D eigenvalue weighted by atomic mass is 35.5. The number of nitrogens with zero attached hydrogens (tertiary/aromatic N) is 2. The Morgan fingerprint density at radius 3 is 2.42 bits per heavy atom. The average molecular weight is 633 g/mol. The second-order valence-corrected chi connectivity index (χ2v) is 12.6. The quantitative estimate of drug-likeness (QED) is 0.221. The van der Waals surface area contributed by atoms with Crippen molar-refractivity contribution in [2.24, 2.45) is 29.1 Å². The molecular weight excluding hydrogens is 606 g/mol. The van der Waals surface area contributed by atoms with Crippen molar-refractivity contribution < 1.29 is 43.1 Å². The minimum absolute atomic E-state index is 0.0891. The number of imide groups is 2. The number of carbonyl (C=O) groups is 4. The smallest absolute Gasteiger partial charge is 0.463 e. The lowest BCUT2D eigenvalue weighted by Crippen LogP contribution is -2.48. The van der Waals surface area contributed by atoms with Gasteiger partial charge >= 0.3 is 7.12 Å². The zero-order valence-corrected chi connectivity index (χ0v) is 24.6. The lowest BCUT2D eigenvalue weighted by Gasteiger charge is -2.48. The molecule has 1 aromatic heterocycles. The molecule has 3 heterocycles. The first-order valence-corrected chi connectivity index (χ1v) is 14.9. The van der Waals surface area contributed by atoms with Gasteiger partial charge in [0.1, 0.15) is 23.9 Å². The van der Waals surface area contributed by atoms with Crippen LogP contribution in [-0.4, -0.2) is 45.9 Å². The number of fused-ring (bicyclic) bond motifs is 4. The number of allylic oxidation sites excluding steroid dienone is 2. The predicted molar refractivity (Wildman–Crippen MR) is 159 cm³/mol. The first-order chi connectivity index (χ1) is 21.5. The number of rotatable bonds is 5. The third kappa shape index (κ3) is 4.20. The van der Waals surface area contributed by atoms with Crippen LogP contribution in [-0.2, 0) is 25.8 Å². The van der Waals surface area contributed by atoms with Crippen molar-refractivity contribution in [1.82, 2.24) is 0 Å². The molecule has 230 valence electrons. The molecule has 3 aromatic rings. The van der Waals surface area contributed by atoms with Crippen molar-refractivity contribution in [3.8, 4) is 0 Å². The number of amides is 4. The summed E-state index contributed by atoms with van der Waals surface area (Å²) in [5, 5.41) is 28.8. The van der Waals surface area contributed by atoms with E-state index < -0.39 is 78.2 Å². The van der Waals surface area contributed by atoms with Crippen LogP contribution in [0.3, 0.4) is 0 Å². The summed E-state index contributed by atoms with van der Waals surface area (Å²) in [5.74, 6) is -6.07. The number of furan rings is 1. The molecule has 10 nitrogen and oxygen atoms in total. The van der Waals surface area contributed by atoms with Gasteiger partial charge in [0.2, 0.25) is 23.6 Å². The van der Waals surface area contributed by atoms with E-state index in [1.54, 1.807) is 19.1 Å². The third-order valence-electron chi connectivity index (χ3n) is 9.99. The van der Waals surface area contributed by atoms with Crippen molar-refractivity contribution in [3.05, 3.63) is 88.6 Å². The van der Waals surface area contributed by atoms with Gasteiger partial charge in [0.15, 0.2) is 0 Å². The second-order valence-electron chi connectivity index (χ2n) is 12.2. The molecule has 0 unspecified atom stereocenters. The monoisotopic (exact) mass is 632 g/mol. The number of benzene rings is 2. The molecule has 2 saturated heterocycles. The minimum atomic E-state index is -1.80. The standard InChI is InChI=1S/C32H27BClFN2O8/c1-32-22(29(40)37(31(32)42)17-5-9-24(35)23(34)12-17)13-21-19(27(32)25-10-6-18(14-38)45-25)7-8-20-26(21)30(41)36(28(20)39)16-4-2-3-15(11-16)33(43)44/h2-7,9-12,20-22,26-27,38,43-44H,8,13-14H2,1H3/t20-,21+,22-,26-,27+,32+/m0/s1. The summed E-state index contributed by atoms with van der Waals surface area (Å²) < 4.78 is 20.0. The van der Waals surface area contributed by atoms with E-state index in [9.17, 15) is 38.7 Å². The van der Waals surface area contributed by atoms with Crippen LogP contribution in [0.4, 0.5) is 15.8 Å². The SMILES string of the molecule is C[C@@]12C(=O)N(c3ccc(F)c(Cl)c3)C(=O)[C@@H]1C[C@@H]1C(=CC[C@@H]3C(=O)N(c4cccc(B(O)O)c4)C(=O)[C@@H]31)[C@@H]2c1ccc(CO)o1. The Morgan fingerprint density at radius 1 is 0.978 bits per heavy atom. The number of aliphatic hydroxyl groups excluding tert-OH is 1. The van der Waals surface area contributed by atoms with E-state index in [0.717, 1.165) is 15.9 Å². The number of aliphatic hydroxyl groups is 1. The summed E-state index contributed by atoms with van der Waals surface area (Å²) in [4.78, 5) is 58.5. The Kier molecular flexibility index (Phi) is 6.90. The first kappa shape index (κ1) is 29.6. The topological polar surface area (TPSA) is 149 Å². The fourth-order valence-corrected chi connectivity index (χ4v) is 8.08. The van der Waals surface area contributed by atoms with E-state index in [-0.39, 0.29) is 40.5 Å². The largest absolute Gasteiger partial charge is 0.488 e. The van der Waals surface area contributed by atoms with Crippen LogP contribution < -0.4 is 15.3 Å². The summed E-state index contributed by atoms with van der Waals surface area (Å²) in [6, 6.07) is 12.7. The number of hydrogen-bond acceptors (Lipinski definition) is 8. The lowest BCUT2D eigenvalue weighted by molar-refractivity contribution is -0.131. The van der Waals surface area contributed by atoms with Gasteiger partial charge in [-0.2, -0.15) is 0 Å². The molecule has 3 fully saturated rings.